The first-order chi connectivity index (χ1) is 6.43. The summed E-state index contributed by atoms with van der Waals surface area (Å²) in [6, 6.07) is 1.13. The molecular weight excluding hydrogens is 181 g/mol. The number of rotatable bonds is 3. The van der Waals surface area contributed by atoms with Crippen LogP contribution in [0.4, 0.5) is 10.1 Å². The molecule has 2 atom stereocenters. The highest BCUT2D eigenvalue weighted by Gasteiger charge is 2.29. The van der Waals surface area contributed by atoms with Gasteiger partial charge in [0.05, 0.1) is 0 Å². The van der Waals surface area contributed by atoms with E-state index < -0.39 is 11.7 Å². The van der Waals surface area contributed by atoms with Crippen molar-refractivity contribution in [1.82, 2.24) is 4.98 Å². The quantitative estimate of drug-likeness (QED) is 0.767. The normalized spacial score (nSPS) is 17.4. The Morgan fingerprint density at radius 2 is 2.29 bits per heavy atom. The molecule has 0 aromatic carbocycles. The van der Waals surface area contributed by atoms with Gasteiger partial charge in [-0.25, -0.2) is 4.39 Å². The van der Waals surface area contributed by atoms with Crippen LogP contribution in [-0.2, 0) is 6.42 Å². The minimum absolute atomic E-state index is 0.199. The van der Waals surface area contributed by atoms with Gasteiger partial charge in [-0.15, -0.1) is 0 Å². The molecule has 2 unspecified atom stereocenters. The maximum atomic E-state index is 13.9. The van der Waals surface area contributed by atoms with E-state index in [1.807, 2.05) is 0 Å². The summed E-state index contributed by atoms with van der Waals surface area (Å²) in [4.78, 5) is 3.90. The highest BCUT2D eigenvalue weighted by atomic mass is 19.1. The highest BCUT2D eigenvalue weighted by molar-refractivity contribution is 5.45. The molecule has 0 aliphatic rings. The summed E-state index contributed by atoms with van der Waals surface area (Å²) in [5.41, 5.74) is 11.0. The minimum atomic E-state index is -1.45. The molecule has 4 heteroatoms. The van der Waals surface area contributed by atoms with E-state index in [0.717, 1.165) is 0 Å². The summed E-state index contributed by atoms with van der Waals surface area (Å²) in [7, 11) is 0. The largest absolute Gasteiger partial charge is 0.398 e. The smallest absolute Gasteiger partial charge is 0.127 e. The third-order valence-corrected chi connectivity index (χ3v) is 2.43. The molecule has 0 saturated heterocycles. The van der Waals surface area contributed by atoms with Crippen LogP contribution in [0.15, 0.2) is 18.5 Å². The molecule has 0 amide bonds. The van der Waals surface area contributed by atoms with Crippen molar-refractivity contribution < 1.29 is 4.39 Å². The molecule has 4 N–H and O–H groups in total. The van der Waals surface area contributed by atoms with Crippen molar-refractivity contribution in [3.8, 4) is 0 Å². The maximum absolute atomic E-state index is 13.9. The molecule has 0 fully saturated rings. The van der Waals surface area contributed by atoms with Gasteiger partial charge in [0, 0.05) is 30.5 Å². The van der Waals surface area contributed by atoms with Gasteiger partial charge in [0.2, 0.25) is 0 Å². The van der Waals surface area contributed by atoms with E-state index in [4.69, 9.17) is 11.5 Å². The zero-order valence-electron chi connectivity index (χ0n) is 8.50. The van der Waals surface area contributed by atoms with Gasteiger partial charge in [-0.1, -0.05) is 0 Å². The zero-order chi connectivity index (χ0) is 10.8. The Morgan fingerprint density at radius 3 is 2.79 bits per heavy atom. The number of halogens is 1. The Labute approximate surface area is 83.3 Å². The van der Waals surface area contributed by atoms with Crippen LogP contribution in [0.3, 0.4) is 0 Å². The number of nitrogens with two attached hydrogens (primary N) is 2. The first-order valence-corrected chi connectivity index (χ1v) is 4.56. The summed E-state index contributed by atoms with van der Waals surface area (Å²) in [6.07, 6.45) is 3.36. The lowest BCUT2D eigenvalue weighted by molar-refractivity contribution is 0.157. The third kappa shape index (κ3) is 2.42. The summed E-state index contributed by atoms with van der Waals surface area (Å²) < 4.78 is 13.9. The molecular formula is C10H16FN3. The van der Waals surface area contributed by atoms with Gasteiger partial charge in [-0.3, -0.25) is 4.98 Å². The predicted molar refractivity (Wildman–Crippen MR) is 55.5 cm³/mol. The molecule has 1 heterocycles. The zero-order valence-corrected chi connectivity index (χ0v) is 8.50. The van der Waals surface area contributed by atoms with Crippen molar-refractivity contribution in [2.75, 3.05) is 5.73 Å². The van der Waals surface area contributed by atoms with E-state index >= 15 is 0 Å². The molecule has 1 aromatic heterocycles. The van der Waals surface area contributed by atoms with Gasteiger partial charge in [-0.05, 0) is 25.5 Å². The molecule has 3 nitrogen and oxygen atoms in total. The van der Waals surface area contributed by atoms with E-state index in [-0.39, 0.29) is 6.42 Å². The van der Waals surface area contributed by atoms with Crippen molar-refractivity contribution in [1.29, 1.82) is 0 Å². The van der Waals surface area contributed by atoms with Crippen LogP contribution in [0.5, 0.6) is 0 Å². The molecule has 1 aromatic rings. The lowest BCUT2D eigenvalue weighted by Crippen LogP contribution is -2.41. The van der Waals surface area contributed by atoms with Crippen LogP contribution in [0.25, 0.3) is 0 Å². The first kappa shape index (κ1) is 10.9. The number of anilines is 1. The van der Waals surface area contributed by atoms with E-state index in [2.05, 4.69) is 4.98 Å². The SMILES string of the molecule is CC(N)C(C)(F)Cc1cnccc1N. The van der Waals surface area contributed by atoms with Gasteiger partial charge in [0.25, 0.3) is 0 Å². The molecule has 0 bridgehead atoms. The number of nitrogens with zero attached hydrogens (tertiary/aromatic N) is 1. The highest BCUT2D eigenvalue weighted by Crippen LogP contribution is 2.23. The van der Waals surface area contributed by atoms with Gasteiger partial charge in [0.1, 0.15) is 5.67 Å². The fraction of sp³-hybridized carbons (Fsp3) is 0.500. The number of aromatic nitrogens is 1. The second-order valence-electron chi connectivity index (χ2n) is 3.82. The second-order valence-corrected chi connectivity index (χ2v) is 3.82. The van der Waals surface area contributed by atoms with E-state index in [0.29, 0.717) is 11.3 Å². The Balaban J connectivity index is 2.84. The van der Waals surface area contributed by atoms with E-state index in [1.54, 1.807) is 25.4 Å². The first-order valence-electron chi connectivity index (χ1n) is 4.56. The van der Waals surface area contributed by atoms with Crippen molar-refractivity contribution in [2.24, 2.45) is 5.73 Å². The molecule has 78 valence electrons. The van der Waals surface area contributed by atoms with Crippen LogP contribution in [0.1, 0.15) is 19.4 Å². The van der Waals surface area contributed by atoms with Crippen molar-refractivity contribution >= 4 is 5.69 Å². The van der Waals surface area contributed by atoms with E-state index in [9.17, 15) is 4.39 Å². The second kappa shape index (κ2) is 3.92. The lowest BCUT2D eigenvalue weighted by Gasteiger charge is -2.24. The van der Waals surface area contributed by atoms with E-state index in [1.165, 1.54) is 6.92 Å². The van der Waals surface area contributed by atoms with Crippen LogP contribution in [-0.4, -0.2) is 16.7 Å². The predicted octanol–water partition coefficient (Wildman–Crippen LogP) is 1.28. The molecule has 0 saturated carbocycles. The van der Waals surface area contributed by atoms with Gasteiger partial charge < -0.3 is 11.5 Å². The number of nitrogen functional groups attached to an aromatic ring is 1. The molecule has 1 rings (SSSR count). The molecule has 14 heavy (non-hydrogen) atoms. The maximum Gasteiger partial charge on any atom is 0.127 e. The van der Waals surface area contributed by atoms with Gasteiger partial charge >= 0.3 is 0 Å². The third-order valence-electron chi connectivity index (χ3n) is 2.43. The molecule has 0 spiro atoms. The van der Waals surface area contributed by atoms with Crippen molar-refractivity contribution in [3.05, 3.63) is 24.0 Å². The Morgan fingerprint density at radius 1 is 1.64 bits per heavy atom. The summed E-state index contributed by atoms with van der Waals surface area (Å²) in [5, 5.41) is 0. The van der Waals surface area contributed by atoms with Gasteiger partial charge in [-0.2, -0.15) is 0 Å². The van der Waals surface area contributed by atoms with Crippen molar-refractivity contribution in [3.63, 3.8) is 0 Å². The fourth-order valence-electron chi connectivity index (χ4n) is 1.12. The summed E-state index contributed by atoms with van der Waals surface area (Å²) in [5.74, 6) is 0. The van der Waals surface area contributed by atoms with Crippen LogP contribution < -0.4 is 11.5 Å². The molecule has 0 aliphatic heterocycles. The summed E-state index contributed by atoms with van der Waals surface area (Å²) in [6.45, 7) is 3.12. The van der Waals surface area contributed by atoms with Crippen LogP contribution >= 0.6 is 0 Å². The Kier molecular flexibility index (Phi) is 3.06. The number of pyridine rings is 1. The summed E-state index contributed by atoms with van der Waals surface area (Å²) >= 11 is 0. The fourth-order valence-corrected chi connectivity index (χ4v) is 1.12. The minimum Gasteiger partial charge on any atom is -0.398 e. The molecule has 0 aliphatic carbocycles. The average molecular weight is 197 g/mol. The standard InChI is InChI=1S/C10H16FN3/c1-7(12)10(2,11)5-8-6-14-4-3-9(8)13/h3-4,6-7H,5,12H2,1-2H3,(H2,13,14). The Bertz CT molecular complexity index is 310. The topological polar surface area (TPSA) is 64.9 Å². The molecule has 0 radical (unpaired) electrons. The van der Waals surface area contributed by atoms with Crippen LogP contribution in [0.2, 0.25) is 0 Å². The monoisotopic (exact) mass is 197 g/mol. The van der Waals surface area contributed by atoms with Gasteiger partial charge in [0.15, 0.2) is 0 Å². The Hall–Kier alpha value is -1.16. The van der Waals surface area contributed by atoms with Crippen molar-refractivity contribution in [2.45, 2.75) is 32.0 Å². The number of alkyl halides is 1. The lowest BCUT2D eigenvalue weighted by atomic mass is 9.92. The number of hydrogen-bond donors (Lipinski definition) is 2. The number of hydrogen-bond acceptors (Lipinski definition) is 3. The van der Waals surface area contributed by atoms with Crippen LogP contribution in [0, 0.1) is 0 Å². The average Bonchev–Trinajstić information content (AvgIpc) is 2.08.